The third-order valence-corrected chi connectivity index (χ3v) is 5.71. The molecule has 0 aliphatic rings. The predicted molar refractivity (Wildman–Crippen MR) is 138 cm³/mol. The highest BCUT2D eigenvalue weighted by Gasteiger charge is 2.26. The van der Waals surface area contributed by atoms with Gasteiger partial charge in [0.05, 0.1) is 31.2 Å². The number of anilines is 1. The number of carboxylic acid groups (broad SMARTS) is 1. The number of imidazole rings is 1. The predicted octanol–water partition coefficient (Wildman–Crippen LogP) is 4.81. The van der Waals surface area contributed by atoms with E-state index < -0.39 is 17.8 Å². The highest BCUT2D eigenvalue weighted by molar-refractivity contribution is 5.95. The molecule has 0 bridgehead atoms. The Morgan fingerprint density at radius 2 is 1.95 bits per heavy atom. The van der Waals surface area contributed by atoms with Gasteiger partial charge in [-0.2, -0.15) is 0 Å². The zero-order valence-electron chi connectivity index (χ0n) is 20.2. The van der Waals surface area contributed by atoms with Crippen molar-refractivity contribution in [3.05, 3.63) is 95.2 Å². The highest BCUT2D eigenvalue weighted by atomic mass is 19.1. The molecule has 0 saturated carbocycles. The van der Waals surface area contributed by atoms with E-state index in [1.54, 1.807) is 48.5 Å². The van der Waals surface area contributed by atoms with Crippen LogP contribution in [0, 0.1) is 11.2 Å². The van der Waals surface area contributed by atoms with Crippen LogP contribution >= 0.6 is 0 Å². The molecular weight excluding hydrogens is 477 g/mol. The topological polar surface area (TPSA) is 146 Å². The third kappa shape index (κ3) is 5.37. The molecule has 6 N–H and O–H groups in total. The maximum Gasteiger partial charge on any atom is 0.336 e. The van der Waals surface area contributed by atoms with Crippen LogP contribution in [-0.2, 0) is 0 Å². The van der Waals surface area contributed by atoms with Gasteiger partial charge >= 0.3 is 5.97 Å². The average molecular weight is 504 g/mol. The summed E-state index contributed by atoms with van der Waals surface area (Å²) < 4.78 is 26.5. The molecular formula is C27H26FN5O4. The number of H-pyrrole nitrogens is 1. The van der Waals surface area contributed by atoms with E-state index in [1.807, 2.05) is 6.92 Å². The normalized spacial score (nSPS) is 11.5. The Morgan fingerprint density at radius 1 is 1.22 bits per heavy atom. The number of carboxylic acids is 1. The van der Waals surface area contributed by atoms with Gasteiger partial charge in [0, 0.05) is 28.4 Å². The lowest BCUT2D eigenvalue weighted by molar-refractivity contribution is 0.0697. The van der Waals surface area contributed by atoms with Crippen LogP contribution in [0.3, 0.4) is 0 Å². The molecule has 0 saturated heterocycles. The van der Waals surface area contributed by atoms with Crippen LogP contribution < -0.4 is 20.5 Å². The summed E-state index contributed by atoms with van der Waals surface area (Å²) in [5, 5.41) is 20.5. The van der Waals surface area contributed by atoms with Crippen molar-refractivity contribution in [1.82, 2.24) is 9.97 Å². The molecule has 1 heterocycles. The smallest absolute Gasteiger partial charge is 0.336 e. The number of nitrogens with one attached hydrogen (secondary N) is 3. The molecule has 4 aromatic rings. The summed E-state index contributed by atoms with van der Waals surface area (Å²) in [6.07, 6.45) is 1.51. The summed E-state index contributed by atoms with van der Waals surface area (Å²) in [5.74, 6) is -1.00. The van der Waals surface area contributed by atoms with Gasteiger partial charge in [0.15, 0.2) is 11.6 Å². The van der Waals surface area contributed by atoms with Crippen molar-refractivity contribution in [3.8, 4) is 22.8 Å². The van der Waals surface area contributed by atoms with Gasteiger partial charge in [0.2, 0.25) is 0 Å². The fourth-order valence-corrected chi connectivity index (χ4v) is 3.93. The first-order valence-corrected chi connectivity index (χ1v) is 11.4. The van der Waals surface area contributed by atoms with Crippen molar-refractivity contribution in [3.63, 3.8) is 0 Å². The van der Waals surface area contributed by atoms with E-state index in [2.05, 4.69) is 15.3 Å². The summed E-state index contributed by atoms with van der Waals surface area (Å²) >= 11 is 0. The second-order valence-corrected chi connectivity index (χ2v) is 8.06. The number of aromatic nitrogens is 2. The van der Waals surface area contributed by atoms with Crippen molar-refractivity contribution in [2.45, 2.75) is 13.0 Å². The first-order chi connectivity index (χ1) is 17.8. The van der Waals surface area contributed by atoms with E-state index in [4.69, 9.17) is 20.6 Å². The van der Waals surface area contributed by atoms with E-state index in [1.165, 1.54) is 25.4 Å². The molecule has 1 unspecified atom stereocenters. The molecule has 0 amide bonds. The largest absolute Gasteiger partial charge is 0.494 e. The first-order valence-electron chi connectivity index (χ1n) is 11.4. The van der Waals surface area contributed by atoms with E-state index in [0.717, 1.165) is 0 Å². The fourth-order valence-electron chi connectivity index (χ4n) is 3.93. The van der Waals surface area contributed by atoms with Crippen LogP contribution in [-0.4, -0.2) is 40.6 Å². The van der Waals surface area contributed by atoms with E-state index >= 15 is 4.39 Å². The van der Waals surface area contributed by atoms with Crippen LogP contribution in [0.1, 0.15) is 40.3 Å². The SMILES string of the molecule is CCOc1cc(OC)c(F)c(C(Nc2ccc(C(=N)N)cc2)c2ncc(-c3ccccc3C(=O)O)[nH]2)c1. The van der Waals surface area contributed by atoms with Gasteiger partial charge in [-0.1, -0.05) is 18.2 Å². The number of amidine groups is 1. The zero-order chi connectivity index (χ0) is 26.5. The molecule has 190 valence electrons. The number of benzene rings is 3. The Kier molecular flexibility index (Phi) is 7.38. The summed E-state index contributed by atoms with van der Waals surface area (Å²) in [7, 11) is 1.37. The number of nitrogens with zero attached hydrogens (tertiary/aromatic N) is 1. The minimum Gasteiger partial charge on any atom is -0.494 e. The second-order valence-electron chi connectivity index (χ2n) is 8.06. The minimum atomic E-state index is -1.08. The molecule has 1 aromatic heterocycles. The van der Waals surface area contributed by atoms with E-state index in [-0.39, 0.29) is 22.7 Å². The first kappa shape index (κ1) is 25.2. The number of halogens is 1. The molecule has 1 atom stereocenters. The molecule has 0 aliphatic carbocycles. The Hall–Kier alpha value is -4.86. The number of rotatable bonds is 10. The van der Waals surface area contributed by atoms with Gasteiger partial charge in [0.1, 0.15) is 23.5 Å². The lowest BCUT2D eigenvalue weighted by atomic mass is 10.0. The number of carbonyl (C=O) groups is 1. The quantitative estimate of drug-likeness (QED) is 0.154. The minimum absolute atomic E-state index is 0.00248. The molecule has 0 radical (unpaired) electrons. The number of methoxy groups -OCH3 is 1. The standard InChI is InChI=1S/C27H26FN5O4/c1-3-37-17-12-20(23(28)22(13-17)36-2)24(32-16-10-8-15(9-11-16)25(29)30)26-31-14-21(33-26)18-6-4-5-7-19(18)27(34)35/h4-14,24,32H,3H2,1-2H3,(H3,29,30)(H,31,33)(H,34,35). The van der Waals surface area contributed by atoms with Gasteiger partial charge in [-0.3, -0.25) is 5.41 Å². The van der Waals surface area contributed by atoms with E-state index in [9.17, 15) is 9.90 Å². The van der Waals surface area contributed by atoms with Gasteiger partial charge in [-0.05, 0) is 43.3 Å². The van der Waals surface area contributed by atoms with Crippen LogP contribution in [0.15, 0.2) is 66.9 Å². The second kappa shape index (κ2) is 10.8. The van der Waals surface area contributed by atoms with Gasteiger partial charge in [-0.25, -0.2) is 14.2 Å². The molecule has 0 fully saturated rings. The highest BCUT2D eigenvalue weighted by Crippen LogP contribution is 2.36. The van der Waals surface area contributed by atoms with Crippen molar-refractivity contribution in [1.29, 1.82) is 5.41 Å². The maximum atomic E-state index is 15.6. The molecule has 0 aliphatic heterocycles. The van der Waals surface area contributed by atoms with Gasteiger partial charge in [-0.15, -0.1) is 0 Å². The third-order valence-electron chi connectivity index (χ3n) is 5.71. The number of nitrogens with two attached hydrogens (primary N) is 1. The molecule has 10 heteroatoms. The van der Waals surface area contributed by atoms with Crippen LogP contribution in [0.4, 0.5) is 10.1 Å². The zero-order valence-corrected chi connectivity index (χ0v) is 20.2. The van der Waals surface area contributed by atoms with Crippen LogP contribution in [0.2, 0.25) is 0 Å². The molecule has 3 aromatic carbocycles. The number of aromatic amines is 1. The Labute approximate surface area is 212 Å². The lowest BCUT2D eigenvalue weighted by Crippen LogP contribution is -2.17. The Morgan fingerprint density at radius 3 is 2.59 bits per heavy atom. The number of hydrogen-bond acceptors (Lipinski definition) is 6. The molecule has 37 heavy (non-hydrogen) atoms. The summed E-state index contributed by atoms with van der Waals surface area (Å²) in [4.78, 5) is 19.4. The number of ether oxygens (including phenoxy) is 2. The van der Waals surface area contributed by atoms with E-state index in [0.29, 0.717) is 40.7 Å². The maximum absolute atomic E-state index is 15.6. The van der Waals surface area contributed by atoms with Gasteiger partial charge in [0.25, 0.3) is 0 Å². The Balaban J connectivity index is 1.83. The lowest BCUT2D eigenvalue weighted by Gasteiger charge is -2.21. The molecule has 4 rings (SSSR count). The van der Waals surface area contributed by atoms with Crippen molar-refractivity contribution >= 4 is 17.5 Å². The van der Waals surface area contributed by atoms with Gasteiger partial charge < -0.3 is 30.6 Å². The van der Waals surface area contributed by atoms with Crippen molar-refractivity contribution in [2.24, 2.45) is 5.73 Å². The van der Waals surface area contributed by atoms with Crippen molar-refractivity contribution in [2.75, 3.05) is 19.0 Å². The number of nitrogen functional groups attached to an aromatic ring is 1. The monoisotopic (exact) mass is 503 g/mol. The van der Waals surface area contributed by atoms with Crippen LogP contribution in [0.25, 0.3) is 11.3 Å². The van der Waals surface area contributed by atoms with Crippen LogP contribution in [0.5, 0.6) is 11.5 Å². The summed E-state index contributed by atoms with van der Waals surface area (Å²) in [5.41, 5.74) is 7.92. The summed E-state index contributed by atoms with van der Waals surface area (Å²) in [6, 6.07) is 15.5. The number of aromatic carboxylic acids is 1. The number of hydrogen-bond donors (Lipinski definition) is 5. The summed E-state index contributed by atoms with van der Waals surface area (Å²) in [6.45, 7) is 2.19. The molecule has 0 spiro atoms. The Bertz CT molecular complexity index is 1440. The molecule has 9 nitrogen and oxygen atoms in total. The average Bonchev–Trinajstić information content (AvgIpc) is 3.38. The van der Waals surface area contributed by atoms with Crippen molar-refractivity contribution < 1.29 is 23.8 Å². The fraction of sp³-hybridized carbons (Fsp3) is 0.148.